The molecule has 2 atom stereocenters. The van der Waals surface area contributed by atoms with Crippen molar-refractivity contribution in [3.05, 3.63) is 109 Å². The molecule has 0 aromatic rings. The molecule has 0 aliphatic rings. The normalized spacial score (nSPS) is 14.0. The van der Waals surface area contributed by atoms with Crippen molar-refractivity contribution in [2.75, 3.05) is 26.4 Å². The predicted molar refractivity (Wildman–Crippen MR) is 288 cm³/mol. The molecule has 0 amide bonds. The van der Waals surface area contributed by atoms with E-state index < -0.39 is 26.5 Å². The highest BCUT2D eigenvalue weighted by molar-refractivity contribution is 7.47. The van der Waals surface area contributed by atoms with Crippen molar-refractivity contribution in [2.45, 2.75) is 219 Å². The molecule has 3 N–H and O–H groups in total. The number of hydrogen-bond donors (Lipinski definition) is 2. The summed E-state index contributed by atoms with van der Waals surface area (Å²) in [7, 11) is -4.39. The summed E-state index contributed by atoms with van der Waals surface area (Å²) in [5.41, 5.74) is 5.36. The van der Waals surface area contributed by atoms with Crippen LogP contribution < -0.4 is 5.73 Å². The molecule has 68 heavy (non-hydrogen) atoms. The Morgan fingerprint density at radius 1 is 0.456 bits per heavy atom. The van der Waals surface area contributed by atoms with Crippen LogP contribution in [-0.2, 0) is 32.7 Å². The van der Waals surface area contributed by atoms with Gasteiger partial charge in [0.1, 0.15) is 6.61 Å². The van der Waals surface area contributed by atoms with Gasteiger partial charge in [0, 0.05) is 19.4 Å². The number of ether oxygens (including phenoxy) is 2. The monoisotopic (exact) mass is 968 g/mol. The highest BCUT2D eigenvalue weighted by Gasteiger charge is 2.26. The van der Waals surface area contributed by atoms with Crippen LogP contribution in [0, 0.1) is 0 Å². The Kier molecular flexibility index (Phi) is 50.4. The Bertz CT molecular complexity index is 1480. The van der Waals surface area contributed by atoms with Gasteiger partial charge in [-0.1, -0.05) is 226 Å². The summed E-state index contributed by atoms with van der Waals surface area (Å²) >= 11 is 0. The quantitative estimate of drug-likeness (QED) is 0.0264. The van der Waals surface area contributed by atoms with E-state index in [4.69, 9.17) is 24.3 Å². The van der Waals surface area contributed by atoms with Crippen LogP contribution in [0.2, 0.25) is 0 Å². The zero-order chi connectivity index (χ0) is 49.5. The molecule has 0 radical (unpaired) electrons. The van der Waals surface area contributed by atoms with E-state index in [2.05, 4.69) is 123 Å². The highest BCUT2D eigenvalue weighted by Crippen LogP contribution is 2.43. The zero-order valence-corrected chi connectivity index (χ0v) is 43.9. The first-order chi connectivity index (χ1) is 33.3. The molecule has 0 heterocycles. The summed E-state index contributed by atoms with van der Waals surface area (Å²) in [5, 5.41) is 0. The SMILES string of the molecule is CC/C=C\C/C=C\C/C=C\C/C=C\C/C=C\C/C=C\C/C=C\C/C=C\C/C=C\CCCCCCCCCC(=O)OC(COC(=O)CCCCCCCCCCCCCC)COP(=O)(O)OCCN. The Morgan fingerprint density at radius 3 is 1.21 bits per heavy atom. The molecular weight excluding hydrogens is 870 g/mol. The van der Waals surface area contributed by atoms with Crippen molar-refractivity contribution in [1.29, 1.82) is 0 Å². The van der Waals surface area contributed by atoms with Crippen LogP contribution in [0.4, 0.5) is 0 Å². The van der Waals surface area contributed by atoms with Crippen molar-refractivity contribution < 1.29 is 37.6 Å². The fourth-order valence-electron chi connectivity index (χ4n) is 6.98. The third-order valence-corrected chi connectivity index (χ3v) is 11.9. The number of phosphoric ester groups is 1. The van der Waals surface area contributed by atoms with Crippen LogP contribution in [0.3, 0.4) is 0 Å². The zero-order valence-electron chi connectivity index (χ0n) is 43.0. The van der Waals surface area contributed by atoms with E-state index in [1.54, 1.807) is 0 Å². The molecule has 0 aliphatic heterocycles. The lowest BCUT2D eigenvalue weighted by atomic mass is 10.0. The van der Waals surface area contributed by atoms with Gasteiger partial charge in [0.2, 0.25) is 0 Å². The Morgan fingerprint density at radius 2 is 0.809 bits per heavy atom. The number of esters is 2. The van der Waals surface area contributed by atoms with E-state index in [0.29, 0.717) is 6.42 Å². The van der Waals surface area contributed by atoms with Gasteiger partial charge in [-0.05, 0) is 83.5 Å². The maximum atomic E-state index is 12.7. The van der Waals surface area contributed by atoms with Crippen molar-refractivity contribution in [3.63, 3.8) is 0 Å². The smallest absolute Gasteiger partial charge is 0.462 e. The van der Waals surface area contributed by atoms with E-state index in [-0.39, 0.29) is 38.6 Å². The largest absolute Gasteiger partial charge is 0.472 e. The lowest BCUT2D eigenvalue weighted by molar-refractivity contribution is -0.161. The molecule has 2 unspecified atom stereocenters. The third-order valence-electron chi connectivity index (χ3n) is 10.9. The average molecular weight is 968 g/mol. The minimum Gasteiger partial charge on any atom is -0.462 e. The fraction of sp³-hybridized carbons (Fsp3) is 0.655. The molecule has 388 valence electrons. The topological polar surface area (TPSA) is 134 Å². The second-order valence-corrected chi connectivity index (χ2v) is 18.8. The average Bonchev–Trinajstić information content (AvgIpc) is 3.33. The van der Waals surface area contributed by atoms with E-state index in [0.717, 1.165) is 103 Å². The number of rotatable bonds is 49. The molecule has 10 heteroatoms. The molecule has 0 aliphatic carbocycles. The standard InChI is InChI=1S/C58H98NO8P/c1-3-5-7-9-11-13-15-17-18-19-20-21-22-23-24-25-26-27-28-29-30-31-32-33-34-35-36-37-38-39-41-43-45-47-49-51-58(61)67-56(55-66-68(62,63)65-53-52-59)54-64-57(60)50-48-46-44-42-40-16-14-12-10-8-6-4-2/h5,7,11,13,17-18,20-21,23-24,26-27,29-30,32-33,35-36,56H,3-4,6,8-10,12,14-16,19,22,25,28,31,34,37-55,59H2,1-2H3,(H,62,63)/b7-5-,13-11-,18-17-,21-20-,24-23-,27-26-,30-29-,33-32-,36-35-. The first kappa shape index (κ1) is 64.7. The van der Waals surface area contributed by atoms with E-state index in [9.17, 15) is 19.0 Å². The minimum absolute atomic E-state index is 0.0473. The Labute approximate surface area is 416 Å². The molecule has 0 aromatic heterocycles. The molecular formula is C58H98NO8P. The predicted octanol–water partition coefficient (Wildman–Crippen LogP) is 16.7. The molecule has 0 rings (SSSR count). The van der Waals surface area contributed by atoms with Crippen molar-refractivity contribution in [3.8, 4) is 0 Å². The molecule has 0 aromatic carbocycles. The molecule has 0 saturated heterocycles. The summed E-state index contributed by atoms with van der Waals surface area (Å²) in [6.07, 6.45) is 71.4. The summed E-state index contributed by atoms with van der Waals surface area (Å²) in [6, 6.07) is 0. The number of allylic oxidation sites excluding steroid dienone is 18. The van der Waals surface area contributed by atoms with Crippen LogP contribution in [0.15, 0.2) is 109 Å². The van der Waals surface area contributed by atoms with Gasteiger partial charge < -0.3 is 20.1 Å². The maximum Gasteiger partial charge on any atom is 0.472 e. The lowest BCUT2D eigenvalue weighted by Gasteiger charge is -2.19. The number of hydrogen-bond acceptors (Lipinski definition) is 8. The van der Waals surface area contributed by atoms with Gasteiger partial charge in [-0.3, -0.25) is 18.6 Å². The number of unbranched alkanes of at least 4 members (excludes halogenated alkanes) is 18. The third kappa shape index (κ3) is 52.0. The molecule has 0 fully saturated rings. The number of carbonyl (C=O) groups is 2. The summed E-state index contributed by atoms with van der Waals surface area (Å²) < 4.78 is 32.9. The van der Waals surface area contributed by atoms with Gasteiger partial charge in [-0.25, -0.2) is 4.57 Å². The molecule has 0 spiro atoms. The van der Waals surface area contributed by atoms with Crippen LogP contribution in [0.1, 0.15) is 213 Å². The van der Waals surface area contributed by atoms with Gasteiger partial charge in [0.05, 0.1) is 13.2 Å². The molecule has 0 saturated carbocycles. The van der Waals surface area contributed by atoms with Gasteiger partial charge in [0.25, 0.3) is 0 Å². The van der Waals surface area contributed by atoms with Gasteiger partial charge in [-0.15, -0.1) is 0 Å². The number of carbonyl (C=O) groups excluding carboxylic acids is 2. The Hall–Kier alpha value is -3.33. The first-order valence-electron chi connectivity index (χ1n) is 26.9. The summed E-state index contributed by atoms with van der Waals surface area (Å²) in [6.45, 7) is 3.60. The van der Waals surface area contributed by atoms with Crippen LogP contribution in [0.25, 0.3) is 0 Å². The van der Waals surface area contributed by atoms with Crippen LogP contribution in [0.5, 0.6) is 0 Å². The summed E-state index contributed by atoms with van der Waals surface area (Å²) in [4.78, 5) is 35.0. The lowest BCUT2D eigenvalue weighted by Crippen LogP contribution is -2.29. The Balaban J connectivity index is 4.02. The summed E-state index contributed by atoms with van der Waals surface area (Å²) in [5.74, 6) is -0.845. The number of nitrogens with two attached hydrogens (primary N) is 1. The van der Waals surface area contributed by atoms with E-state index in [1.807, 2.05) is 0 Å². The van der Waals surface area contributed by atoms with Gasteiger partial charge in [0.15, 0.2) is 6.10 Å². The van der Waals surface area contributed by atoms with E-state index in [1.165, 1.54) is 77.0 Å². The molecule has 0 bridgehead atoms. The second kappa shape index (κ2) is 53.0. The highest BCUT2D eigenvalue weighted by atomic mass is 31.2. The van der Waals surface area contributed by atoms with Gasteiger partial charge >= 0.3 is 19.8 Å². The first-order valence-corrected chi connectivity index (χ1v) is 28.4. The van der Waals surface area contributed by atoms with E-state index >= 15 is 0 Å². The molecule has 9 nitrogen and oxygen atoms in total. The number of phosphoric acid groups is 1. The van der Waals surface area contributed by atoms with Crippen LogP contribution >= 0.6 is 7.82 Å². The minimum atomic E-state index is -4.39. The maximum absolute atomic E-state index is 12.7. The fourth-order valence-corrected chi connectivity index (χ4v) is 7.75. The second-order valence-electron chi connectivity index (χ2n) is 17.4. The van der Waals surface area contributed by atoms with Crippen molar-refractivity contribution >= 4 is 19.8 Å². The van der Waals surface area contributed by atoms with Crippen LogP contribution in [-0.4, -0.2) is 49.3 Å². The van der Waals surface area contributed by atoms with Crippen molar-refractivity contribution in [2.24, 2.45) is 5.73 Å². The van der Waals surface area contributed by atoms with Gasteiger partial charge in [-0.2, -0.15) is 0 Å². The van der Waals surface area contributed by atoms with Crippen molar-refractivity contribution in [1.82, 2.24) is 0 Å².